The van der Waals surface area contributed by atoms with Crippen LogP contribution in [0.5, 0.6) is 0 Å². The molecule has 2 atom stereocenters. The average Bonchev–Trinajstić information content (AvgIpc) is 3.39. The van der Waals surface area contributed by atoms with Crippen molar-refractivity contribution in [2.45, 2.75) is 25.0 Å². The Labute approximate surface area is 160 Å². The number of ether oxygens (including phenoxy) is 1. The summed E-state index contributed by atoms with van der Waals surface area (Å²) in [7, 11) is 0. The summed E-state index contributed by atoms with van der Waals surface area (Å²) in [6, 6.07) is 9.00. The summed E-state index contributed by atoms with van der Waals surface area (Å²) >= 11 is 1.27. The van der Waals surface area contributed by atoms with Crippen molar-refractivity contribution in [3.63, 3.8) is 0 Å². The van der Waals surface area contributed by atoms with Crippen LogP contribution in [0.1, 0.15) is 43.2 Å². The van der Waals surface area contributed by atoms with E-state index < -0.39 is 6.04 Å². The zero-order valence-corrected chi connectivity index (χ0v) is 15.3. The number of hydrogen-bond acceptors (Lipinski definition) is 6. The molecule has 1 fully saturated rings. The van der Waals surface area contributed by atoms with Crippen LogP contribution in [0, 0.1) is 0 Å². The second-order valence-electron chi connectivity index (χ2n) is 6.48. The fraction of sp³-hybridized carbons (Fsp3) is 0.300. The van der Waals surface area contributed by atoms with Gasteiger partial charge >= 0.3 is 0 Å². The van der Waals surface area contributed by atoms with Gasteiger partial charge in [-0.05, 0) is 24.3 Å². The molecule has 2 aromatic rings. The van der Waals surface area contributed by atoms with E-state index in [0.29, 0.717) is 29.2 Å². The number of Topliss-reactive ketones (excluding diaryl/α,β-unsaturated/α-hetero) is 2. The third kappa shape index (κ3) is 3.48. The van der Waals surface area contributed by atoms with Crippen molar-refractivity contribution in [2.24, 2.45) is 4.99 Å². The van der Waals surface area contributed by atoms with E-state index in [1.807, 2.05) is 0 Å². The molecule has 6 nitrogen and oxygen atoms in total. The minimum atomic E-state index is -1.08. The minimum Gasteiger partial charge on any atom is -0.376 e. The first kappa shape index (κ1) is 17.8. The number of benzene rings is 1. The second kappa shape index (κ2) is 7.54. The lowest BCUT2D eigenvalue weighted by Crippen LogP contribution is -2.52. The zero-order valence-electron chi connectivity index (χ0n) is 14.5. The highest BCUT2D eigenvalue weighted by atomic mass is 32.1. The molecule has 1 aliphatic heterocycles. The van der Waals surface area contributed by atoms with Crippen LogP contribution in [0.4, 0.5) is 0 Å². The number of carbonyl (C=O) groups is 3. The number of carbonyl (C=O) groups excluding carboxylic acids is 3. The molecule has 1 amide bonds. The Hall–Kier alpha value is -2.64. The summed E-state index contributed by atoms with van der Waals surface area (Å²) in [6.45, 7) is 0.992. The van der Waals surface area contributed by atoms with Crippen molar-refractivity contribution in [2.75, 3.05) is 13.2 Å². The second-order valence-corrected chi connectivity index (χ2v) is 7.43. The highest BCUT2D eigenvalue weighted by Gasteiger charge is 2.39. The fourth-order valence-electron chi connectivity index (χ4n) is 3.34. The highest BCUT2D eigenvalue weighted by Crippen LogP contribution is 2.22. The van der Waals surface area contributed by atoms with E-state index in [1.165, 1.54) is 11.3 Å². The Bertz CT molecular complexity index is 914. The predicted octanol–water partition coefficient (Wildman–Crippen LogP) is 2.55. The van der Waals surface area contributed by atoms with E-state index in [2.05, 4.69) is 10.3 Å². The summed E-state index contributed by atoms with van der Waals surface area (Å²) in [4.78, 5) is 43.4. The van der Waals surface area contributed by atoms with Gasteiger partial charge in [-0.15, -0.1) is 11.3 Å². The molecule has 1 aromatic heterocycles. The summed E-state index contributed by atoms with van der Waals surface area (Å²) in [5.41, 5.74) is 0.726. The van der Waals surface area contributed by atoms with Crippen LogP contribution in [0.2, 0.25) is 0 Å². The molecular formula is C20H18N2O4S. The Kier molecular flexibility index (Phi) is 4.96. The summed E-state index contributed by atoms with van der Waals surface area (Å²) in [6.07, 6.45) is 1.79. The summed E-state index contributed by atoms with van der Waals surface area (Å²) < 4.78 is 5.56. The number of fused-ring (bicyclic) bond motifs is 1. The van der Waals surface area contributed by atoms with Crippen LogP contribution in [-0.4, -0.2) is 48.5 Å². The summed E-state index contributed by atoms with van der Waals surface area (Å²) in [5, 5.41) is 4.48. The van der Waals surface area contributed by atoms with Crippen molar-refractivity contribution >= 4 is 34.5 Å². The lowest BCUT2D eigenvalue weighted by atomic mass is 9.84. The molecule has 1 N–H and O–H groups in total. The van der Waals surface area contributed by atoms with Crippen molar-refractivity contribution in [1.29, 1.82) is 0 Å². The molecule has 2 heterocycles. The van der Waals surface area contributed by atoms with Crippen molar-refractivity contribution in [3.05, 3.63) is 57.8 Å². The molecule has 1 aliphatic carbocycles. The van der Waals surface area contributed by atoms with Crippen LogP contribution in [0.3, 0.4) is 0 Å². The molecule has 7 heteroatoms. The number of hydrogen-bond donors (Lipinski definition) is 1. The Morgan fingerprint density at radius 3 is 2.70 bits per heavy atom. The van der Waals surface area contributed by atoms with Gasteiger partial charge in [-0.2, -0.15) is 0 Å². The van der Waals surface area contributed by atoms with E-state index in [9.17, 15) is 14.4 Å². The van der Waals surface area contributed by atoms with Gasteiger partial charge in [-0.3, -0.25) is 19.4 Å². The van der Waals surface area contributed by atoms with E-state index in [1.54, 1.807) is 41.8 Å². The molecule has 1 saturated heterocycles. The van der Waals surface area contributed by atoms with Crippen molar-refractivity contribution in [3.8, 4) is 0 Å². The maximum absolute atomic E-state index is 13.0. The van der Waals surface area contributed by atoms with E-state index in [-0.39, 0.29) is 29.3 Å². The maximum Gasteiger partial charge on any atom is 0.262 e. The maximum atomic E-state index is 13.0. The number of thiophene rings is 1. The molecule has 4 rings (SSSR count). The largest absolute Gasteiger partial charge is 0.376 e. The first-order chi connectivity index (χ1) is 13.1. The van der Waals surface area contributed by atoms with Crippen LogP contribution < -0.4 is 5.32 Å². The molecule has 0 radical (unpaired) electrons. The Morgan fingerprint density at radius 2 is 2.00 bits per heavy atom. The third-order valence-corrected chi connectivity index (χ3v) is 5.58. The molecule has 1 unspecified atom stereocenters. The SMILES string of the molecule is O=C(NC1C(=O)c2ccccc2C(=O)C1=NC[C@@H]1CCCO1)c1cccs1. The standard InChI is InChI=1S/C20H18N2O4S/c23-18-13-6-1-2-7-14(13)19(24)17(22-20(25)15-8-4-10-27-15)16(18)21-11-12-5-3-9-26-12/h1-2,4,6-8,10,12,17H,3,5,9,11H2,(H,22,25)/t12-,17?/m0/s1. The smallest absolute Gasteiger partial charge is 0.262 e. The van der Waals surface area contributed by atoms with Gasteiger partial charge in [0.25, 0.3) is 5.91 Å². The molecule has 1 aromatic carbocycles. The molecule has 0 saturated carbocycles. The van der Waals surface area contributed by atoms with Gasteiger partial charge in [0.1, 0.15) is 11.8 Å². The van der Waals surface area contributed by atoms with Crippen molar-refractivity contribution < 1.29 is 19.1 Å². The summed E-state index contributed by atoms with van der Waals surface area (Å²) in [5.74, 6) is -1.03. The zero-order chi connectivity index (χ0) is 18.8. The number of nitrogens with zero attached hydrogens (tertiary/aromatic N) is 1. The molecule has 27 heavy (non-hydrogen) atoms. The molecule has 0 bridgehead atoms. The van der Waals surface area contributed by atoms with E-state index in [0.717, 1.165) is 12.8 Å². The Balaban J connectivity index is 1.67. The highest BCUT2D eigenvalue weighted by molar-refractivity contribution is 7.12. The van der Waals surface area contributed by atoms with Crippen LogP contribution in [-0.2, 0) is 4.74 Å². The monoisotopic (exact) mass is 382 g/mol. The minimum absolute atomic E-state index is 0.0498. The van der Waals surface area contributed by atoms with Gasteiger partial charge in [0.2, 0.25) is 5.78 Å². The number of rotatable bonds is 4. The Morgan fingerprint density at radius 1 is 1.19 bits per heavy atom. The molecule has 138 valence electrons. The number of amides is 1. The van der Waals surface area contributed by atoms with Gasteiger partial charge in [0.15, 0.2) is 5.78 Å². The first-order valence-electron chi connectivity index (χ1n) is 8.83. The number of ketones is 2. The van der Waals surface area contributed by atoms with Crippen molar-refractivity contribution in [1.82, 2.24) is 5.32 Å². The van der Waals surface area contributed by atoms with Crippen LogP contribution >= 0.6 is 11.3 Å². The lowest BCUT2D eigenvalue weighted by molar-refractivity contribution is 0.0872. The lowest BCUT2D eigenvalue weighted by Gasteiger charge is -2.25. The van der Waals surface area contributed by atoms with Gasteiger partial charge in [0, 0.05) is 17.7 Å². The quantitative estimate of drug-likeness (QED) is 0.881. The van der Waals surface area contributed by atoms with E-state index >= 15 is 0 Å². The van der Waals surface area contributed by atoms with Crippen LogP contribution in [0.25, 0.3) is 0 Å². The normalized spacial score (nSPS) is 23.5. The number of nitrogens with one attached hydrogen (secondary N) is 1. The van der Waals surface area contributed by atoms with Gasteiger partial charge in [0.05, 0.1) is 17.5 Å². The predicted molar refractivity (Wildman–Crippen MR) is 102 cm³/mol. The first-order valence-corrected chi connectivity index (χ1v) is 9.71. The molecular weight excluding hydrogens is 364 g/mol. The topological polar surface area (TPSA) is 84.8 Å². The van der Waals surface area contributed by atoms with Gasteiger partial charge < -0.3 is 10.1 Å². The van der Waals surface area contributed by atoms with Crippen LogP contribution in [0.15, 0.2) is 46.8 Å². The van der Waals surface area contributed by atoms with Gasteiger partial charge in [-0.25, -0.2) is 0 Å². The number of aliphatic imine (C=N–C) groups is 1. The fourth-order valence-corrected chi connectivity index (χ4v) is 3.97. The third-order valence-electron chi connectivity index (χ3n) is 4.72. The van der Waals surface area contributed by atoms with Gasteiger partial charge in [-0.1, -0.05) is 30.3 Å². The molecule has 2 aliphatic rings. The molecule has 0 spiro atoms. The average molecular weight is 382 g/mol. The van der Waals surface area contributed by atoms with E-state index in [4.69, 9.17) is 4.74 Å².